The Morgan fingerprint density at radius 1 is 0.430 bits per heavy atom. The summed E-state index contributed by atoms with van der Waals surface area (Å²) in [6.07, 6.45) is 80.2. The number of nitrogens with zero attached hydrogens (tertiary/aromatic N) is 1. The van der Waals surface area contributed by atoms with Crippen LogP contribution in [0.25, 0.3) is 0 Å². The molecule has 0 aromatic heterocycles. The van der Waals surface area contributed by atoms with E-state index in [-0.39, 0.29) is 19.1 Å². The number of aliphatic hydroxyl groups excluding tert-OH is 1. The summed E-state index contributed by atoms with van der Waals surface area (Å²) in [5.41, 5.74) is 0. The Hall–Kier alpha value is -1.02. The zero-order valence-corrected chi connectivity index (χ0v) is 54.8. The smallest absolute Gasteiger partial charge is 0.268 e. The van der Waals surface area contributed by atoms with Crippen molar-refractivity contribution in [1.82, 2.24) is 5.32 Å². The van der Waals surface area contributed by atoms with Crippen LogP contribution in [0.15, 0.2) is 24.3 Å². The SMILES string of the molecule is CCCCCCCCCC/C=C\CCCCCCCCCCCCCCCCCCCCCCCCCC(=O)NC(COP(=O)([O-])OCC[N+](C)(C)C)C(O)/C=C/CCCCCCCCCCCCCCCCCCCCCC. The van der Waals surface area contributed by atoms with Crippen molar-refractivity contribution in [3.05, 3.63) is 24.3 Å². The predicted molar refractivity (Wildman–Crippen MR) is 344 cm³/mol. The number of quaternary nitrogens is 1. The van der Waals surface area contributed by atoms with E-state index in [0.29, 0.717) is 17.4 Å². The van der Waals surface area contributed by atoms with Crippen molar-refractivity contribution in [2.75, 3.05) is 40.9 Å². The van der Waals surface area contributed by atoms with Gasteiger partial charge in [0.05, 0.1) is 39.9 Å². The van der Waals surface area contributed by atoms with Gasteiger partial charge in [-0.2, -0.15) is 0 Å². The molecule has 0 rings (SSSR count). The van der Waals surface area contributed by atoms with Gasteiger partial charge in [0, 0.05) is 6.42 Å². The first-order valence-electron chi connectivity index (χ1n) is 35.2. The normalized spacial score (nSPS) is 13.8. The van der Waals surface area contributed by atoms with Crippen molar-refractivity contribution < 1.29 is 32.9 Å². The molecule has 79 heavy (non-hydrogen) atoms. The Balaban J connectivity index is 3.98. The highest BCUT2D eigenvalue weighted by molar-refractivity contribution is 7.45. The van der Waals surface area contributed by atoms with Crippen LogP contribution in [0.3, 0.4) is 0 Å². The number of likely N-dealkylation sites (N-methyl/N-ethyl adjacent to an activating group) is 1. The Morgan fingerprint density at radius 3 is 0.987 bits per heavy atom. The molecule has 0 aliphatic heterocycles. The van der Waals surface area contributed by atoms with Crippen LogP contribution in [-0.4, -0.2) is 68.5 Å². The van der Waals surface area contributed by atoms with E-state index in [0.717, 1.165) is 38.5 Å². The number of phosphoric acid groups is 1. The van der Waals surface area contributed by atoms with Gasteiger partial charge in [-0.25, -0.2) is 0 Å². The number of allylic oxidation sites excluding steroid dienone is 3. The average molecular weight is 1140 g/mol. The Kier molecular flexibility index (Phi) is 60.7. The number of nitrogens with one attached hydrogen (secondary N) is 1. The molecule has 0 aliphatic rings. The summed E-state index contributed by atoms with van der Waals surface area (Å²) in [6, 6.07) is -0.885. The van der Waals surface area contributed by atoms with E-state index < -0.39 is 20.0 Å². The van der Waals surface area contributed by atoms with Crippen molar-refractivity contribution in [1.29, 1.82) is 0 Å². The van der Waals surface area contributed by atoms with E-state index in [1.807, 2.05) is 27.2 Å². The molecule has 0 spiro atoms. The maximum Gasteiger partial charge on any atom is 0.268 e. The molecule has 0 aromatic carbocycles. The molecule has 3 atom stereocenters. The van der Waals surface area contributed by atoms with E-state index in [4.69, 9.17) is 9.05 Å². The number of carbonyl (C=O) groups excluding carboxylic acids is 1. The summed E-state index contributed by atoms with van der Waals surface area (Å²) in [6.45, 7) is 4.71. The van der Waals surface area contributed by atoms with Crippen molar-refractivity contribution in [3.8, 4) is 0 Å². The molecule has 0 aliphatic carbocycles. The summed E-state index contributed by atoms with van der Waals surface area (Å²) in [5, 5.41) is 14.0. The molecule has 2 N–H and O–H groups in total. The summed E-state index contributed by atoms with van der Waals surface area (Å²) >= 11 is 0. The van der Waals surface area contributed by atoms with Crippen LogP contribution in [0.5, 0.6) is 0 Å². The minimum Gasteiger partial charge on any atom is -0.756 e. The zero-order chi connectivity index (χ0) is 57.7. The maximum atomic E-state index is 13.0. The molecule has 8 nitrogen and oxygen atoms in total. The summed E-state index contributed by atoms with van der Waals surface area (Å²) in [5.74, 6) is -0.188. The van der Waals surface area contributed by atoms with E-state index in [1.165, 1.54) is 308 Å². The number of hydrogen-bond acceptors (Lipinski definition) is 6. The molecule has 0 saturated carbocycles. The fourth-order valence-electron chi connectivity index (χ4n) is 10.9. The molecule has 3 unspecified atom stereocenters. The maximum absolute atomic E-state index is 13.0. The van der Waals surface area contributed by atoms with Gasteiger partial charge >= 0.3 is 0 Å². The molecule has 0 aromatic rings. The van der Waals surface area contributed by atoms with Gasteiger partial charge < -0.3 is 28.8 Å². The van der Waals surface area contributed by atoms with Crippen LogP contribution < -0.4 is 10.2 Å². The number of aliphatic hydroxyl groups is 1. The number of amides is 1. The second kappa shape index (κ2) is 61.5. The molecule has 470 valence electrons. The van der Waals surface area contributed by atoms with Gasteiger partial charge in [-0.15, -0.1) is 0 Å². The van der Waals surface area contributed by atoms with Crippen molar-refractivity contribution in [3.63, 3.8) is 0 Å². The molecule has 0 fully saturated rings. The highest BCUT2D eigenvalue weighted by atomic mass is 31.2. The third-order valence-electron chi connectivity index (χ3n) is 16.4. The van der Waals surface area contributed by atoms with Gasteiger partial charge in [0.15, 0.2) is 0 Å². The van der Waals surface area contributed by atoms with E-state index in [2.05, 4.69) is 31.3 Å². The molecule has 9 heteroatoms. The number of rotatable bonds is 66. The quantitative estimate of drug-likeness (QED) is 0.0272. The minimum atomic E-state index is -4.60. The molecule has 0 heterocycles. The molecular formula is C70H139N2O6P. The lowest BCUT2D eigenvalue weighted by Crippen LogP contribution is -2.45. The topological polar surface area (TPSA) is 108 Å². The van der Waals surface area contributed by atoms with Crippen molar-refractivity contribution in [2.24, 2.45) is 0 Å². The van der Waals surface area contributed by atoms with Crippen LogP contribution in [0.2, 0.25) is 0 Å². The van der Waals surface area contributed by atoms with Crippen LogP contribution in [0.1, 0.15) is 367 Å². The first-order valence-corrected chi connectivity index (χ1v) is 36.7. The van der Waals surface area contributed by atoms with Crippen molar-refractivity contribution >= 4 is 13.7 Å². The number of carbonyl (C=O) groups is 1. The second-order valence-corrected chi connectivity index (χ2v) is 27.0. The zero-order valence-electron chi connectivity index (χ0n) is 53.9. The summed E-state index contributed by atoms with van der Waals surface area (Å²) in [7, 11) is 1.28. The van der Waals surface area contributed by atoms with E-state index >= 15 is 0 Å². The Bertz CT molecular complexity index is 1340. The van der Waals surface area contributed by atoms with Gasteiger partial charge in [0.1, 0.15) is 13.2 Å². The fourth-order valence-corrected chi connectivity index (χ4v) is 11.6. The highest BCUT2D eigenvalue weighted by Crippen LogP contribution is 2.38. The number of hydrogen-bond donors (Lipinski definition) is 2. The van der Waals surface area contributed by atoms with Gasteiger partial charge in [-0.1, -0.05) is 340 Å². The standard InChI is InChI=1S/C70H139N2O6P/c1-6-8-10-12-14-16-18-20-22-24-26-28-30-31-32-33-34-35-36-37-38-39-40-41-42-44-46-48-50-52-54-56-58-60-62-64-70(74)71-68(67-78-79(75,76)77-66-65-72(3,4)5)69(73)63-61-59-57-55-53-51-49-47-45-43-29-27-25-23-21-19-17-15-13-11-9-7-2/h24,26,61,63,68-69,73H,6-23,25,27-60,62,64-67H2,1-5H3,(H-,71,74,75,76)/b26-24-,63-61+. The third-order valence-corrected chi connectivity index (χ3v) is 17.4. The van der Waals surface area contributed by atoms with E-state index in [1.54, 1.807) is 6.08 Å². The Labute approximate surface area is 494 Å². The van der Waals surface area contributed by atoms with Gasteiger partial charge in [0.25, 0.3) is 7.82 Å². The predicted octanol–water partition coefficient (Wildman–Crippen LogP) is 21.6. The lowest BCUT2D eigenvalue weighted by molar-refractivity contribution is -0.870. The van der Waals surface area contributed by atoms with Crippen LogP contribution in [-0.2, 0) is 18.4 Å². The first kappa shape index (κ1) is 78.0. The van der Waals surface area contributed by atoms with E-state index in [9.17, 15) is 19.4 Å². The summed E-state index contributed by atoms with van der Waals surface area (Å²) in [4.78, 5) is 25.6. The lowest BCUT2D eigenvalue weighted by Gasteiger charge is -2.29. The molecule has 0 radical (unpaired) electrons. The molecular weight excluding hydrogens is 996 g/mol. The van der Waals surface area contributed by atoms with Crippen molar-refractivity contribution in [2.45, 2.75) is 379 Å². The monoisotopic (exact) mass is 1140 g/mol. The van der Waals surface area contributed by atoms with Crippen LogP contribution in [0.4, 0.5) is 0 Å². The molecule has 0 saturated heterocycles. The van der Waals surface area contributed by atoms with Crippen LogP contribution >= 0.6 is 7.82 Å². The average Bonchev–Trinajstić information content (AvgIpc) is 3.42. The fraction of sp³-hybridized carbons (Fsp3) is 0.929. The lowest BCUT2D eigenvalue weighted by atomic mass is 10.0. The third kappa shape index (κ3) is 64.4. The largest absolute Gasteiger partial charge is 0.756 e. The molecule has 1 amide bonds. The number of phosphoric ester groups is 1. The minimum absolute atomic E-state index is 0.00212. The second-order valence-electron chi connectivity index (χ2n) is 25.6. The van der Waals surface area contributed by atoms with Gasteiger partial charge in [0.2, 0.25) is 5.91 Å². The molecule has 0 bridgehead atoms. The number of unbranched alkanes of at least 4 members (excludes halogenated alkanes) is 51. The summed E-state index contributed by atoms with van der Waals surface area (Å²) < 4.78 is 23.5. The Morgan fingerprint density at radius 2 is 0.696 bits per heavy atom. The van der Waals surface area contributed by atoms with Gasteiger partial charge in [-0.05, 0) is 44.9 Å². The highest BCUT2D eigenvalue weighted by Gasteiger charge is 2.23. The first-order chi connectivity index (χ1) is 38.5. The van der Waals surface area contributed by atoms with Gasteiger partial charge in [-0.3, -0.25) is 9.36 Å². The van der Waals surface area contributed by atoms with Crippen LogP contribution in [0, 0.1) is 0 Å².